The number of rotatable bonds is 6. The molecule has 0 spiro atoms. The van der Waals surface area contributed by atoms with E-state index in [4.69, 9.17) is 0 Å². The molecule has 1 amide bonds. The molecule has 0 bridgehead atoms. The van der Waals surface area contributed by atoms with Gasteiger partial charge in [0.2, 0.25) is 0 Å². The summed E-state index contributed by atoms with van der Waals surface area (Å²) in [5.74, 6) is -1.59. The van der Waals surface area contributed by atoms with Gasteiger partial charge in [-0.05, 0) is 55.0 Å². The number of ether oxygens (including phenoxy) is 2. The van der Waals surface area contributed by atoms with Crippen LogP contribution in [0.1, 0.15) is 27.3 Å². The summed E-state index contributed by atoms with van der Waals surface area (Å²) in [6.07, 6.45) is -6.45. The first-order chi connectivity index (χ1) is 21.5. The zero-order valence-electron chi connectivity index (χ0n) is 22.9. The number of carbonyl (C=O) groups is 1. The van der Waals surface area contributed by atoms with Crippen molar-refractivity contribution < 1.29 is 58.2 Å². The summed E-state index contributed by atoms with van der Waals surface area (Å²) >= 11 is 0. The molecule has 3 aromatic heterocycles. The third-order valence-corrected chi connectivity index (χ3v) is 6.03. The second kappa shape index (κ2) is 13.4. The van der Waals surface area contributed by atoms with Crippen LogP contribution in [-0.2, 0) is 12.4 Å². The molecule has 0 unspecified atom stereocenters. The Morgan fingerprint density at radius 1 is 0.739 bits per heavy atom. The topological polar surface area (TPSA) is 86.2 Å². The number of aromatic nitrogens is 3. The van der Waals surface area contributed by atoms with Gasteiger partial charge in [0.1, 0.15) is 22.4 Å². The number of pyridine rings is 3. The van der Waals surface area contributed by atoms with Crippen molar-refractivity contribution in [2.75, 3.05) is 5.32 Å². The van der Waals surface area contributed by atoms with Crippen molar-refractivity contribution in [2.24, 2.45) is 0 Å². The van der Waals surface area contributed by atoms with Crippen LogP contribution in [-0.4, -0.2) is 34.1 Å². The first-order valence-electron chi connectivity index (χ1n) is 12.6. The summed E-state index contributed by atoms with van der Waals surface area (Å²) < 4.78 is 134. The summed E-state index contributed by atoms with van der Waals surface area (Å²) in [7, 11) is 0. The molecular weight excluding hydrogens is 642 g/mol. The third kappa shape index (κ3) is 8.08. The largest absolute Gasteiger partial charge is 0.433 e. The fraction of sp³-hybridized carbons (Fsp3) is 0.172. The molecule has 0 aliphatic carbocycles. The summed E-state index contributed by atoms with van der Waals surface area (Å²) in [5, 5.41) is 2.84. The highest BCUT2D eigenvalue weighted by atomic mass is 19.4. The van der Waals surface area contributed by atoms with Crippen LogP contribution in [0.25, 0.3) is 21.8 Å². The lowest BCUT2D eigenvalue weighted by Crippen LogP contribution is -2.15. The van der Waals surface area contributed by atoms with Crippen LogP contribution in [0.4, 0.5) is 49.6 Å². The maximum Gasteiger partial charge on any atom is 0.433 e. The second-order valence-electron chi connectivity index (χ2n) is 9.13. The molecule has 0 aliphatic rings. The molecule has 0 saturated heterocycles. The van der Waals surface area contributed by atoms with Crippen molar-refractivity contribution in [3.05, 3.63) is 95.6 Å². The molecule has 0 fully saturated rings. The Balaban J connectivity index is 0.000000230. The molecule has 0 radical (unpaired) electrons. The van der Waals surface area contributed by atoms with Crippen LogP contribution >= 0.6 is 0 Å². The molecule has 7 nitrogen and oxygen atoms in total. The van der Waals surface area contributed by atoms with E-state index in [1.54, 1.807) is 13.0 Å². The van der Waals surface area contributed by atoms with E-state index in [1.165, 1.54) is 30.6 Å². The third-order valence-electron chi connectivity index (χ3n) is 6.03. The van der Waals surface area contributed by atoms with E-state index in [1.807, 2.05) is 0 Å². The van der Waals surface area contributed by atoms with Crippen molar-refractivity contribution in [3.8, 4) is 11.5 Å². The van der Waals surface area contributed by atoms with Crippen LogP contribution in [0.15, 0.2) is 73.1 Å². The van der Waals surface area contributed by atoms with Gasteiger partial charge in [-0.2, -0.15) is 43.9 Å². The molecule has 17 heteroatoms. The molecule has 0 atom stereocenters. The van der Waals surface area contributed by atoms with E-state index in [0.29, 0.717) is 22.7 Å². The highest BCUT2D eigenvalue weighted by Gasteiger charge is 2.34. The monoisotopic (exact) mass is 660 g/mol. The zero-order chi connectivity index (χ0) is 33.8. The Bertz CT molecular complexity index is 1860. The maximum absolute atomic E-state index is 13.0. The van der Waals surface area contributed by atoms with Gasteiger partial charge in [-0.15, -0.1) is 0 Å². The average Bonchev–Trinajstić information content (AvgIpc) is 2.97. The van der Waals surface area contributed by atoms with E-state index in [9.17, 15) is 48.7 Å². The second-order valence-corrected chi connectivity index (χ2v) is 9.13. The minimum atomic E-state index is -4.79. The molecule has 3 heterocycles. The Morgan fingerprint density at radius 3 is 1.91 bits per heavy atom. The predicted molar refractivity (Wildman–Crippen MR) is 144 cm³/mol. The van der Waals surface area contributed by atoms with Gasteiger partial charge in [-0.25, -0.2) is 9.97 Å². The van der Waals surface area contributed by atoms with Gasteiger partial charge >= 0.3 is 25.6 Å². The number of fused-ring (bicyclic) bond motifs is 2. The SMILES string of the molecule is Cc1cnccc1NC(=O)c1ccc(OC(F)F)c2nc(C(F)(F)F)ccc12.FC(F)Oc1cccc2ccc(C(F)(F)F)nc12. The van der Waals surface area contributed by atoms with E-state index in [0.717, 1.165) is 30.3 Å². The zero-order valence-corrected chi connectivity index (χ0v) is 22.9. The Kier molecular flexibility index (Phi) is 9.82. The first kappa shape index (κ1) is 33.7. The smallest absolute Gasteiger partial charge is 0.432 e. The lowest BCUT2D eigenvalue weighted by molar-refractivity contribution is -0.141. The summed E-state index contributed by atoms with van der Waals surface area (Å²) in [6.45, 7) is -4.68. The molecule has 0 saturated carbocycles. The van der Waals surface area contributed by atoms with E-state index < -0.39 is 54.1 Å². The van der Waals surface area contributed by atoms with Gasteiger partial charge in [0, 0.05) is 34.4 Å². The van der Waals surface area contributed by atoms with E-state index in [2.05, 4.69) is 29.7 Å². The molecular formula is C29H18F10N4O3. The van der Waals surface area contributed by atoms with Gasteiger partial charge in [0.15, 0.2) is 11.5 Å². The van der Waals surface area contributed by atoms with Crippen molar-refractivity contribution in [3.63, 3.8) is 0 Å². The number of halogens is 10. The van der Waals surface area contributed by atoms with Crippen molar-refractivity contribution in [1.29, 1.82) is 0 Å². The lowest BCUT2D eigenvalue weighted by atomic mass is 10.1. The number of carbonyl (C=O) groups excluding carboxylic acids is 1. The lowest BCUT2D eigenvalue weighted by Gasteiger charge is -2.14. The highest BCUT2D eigenvalue weighted by Crippen LogP contribution is 2.35. The van der Waals surface area contributed by atoms with Crippen LogP contribution in [0.2, 0.25) is 0 Å². The minimum Gasteiger partial charge on any atom is -0.432 e. The van der Waals surface area contributed by atoms with Crippen molar-refractivity contribution >= 4 is 33.4 Å². The predicted octanol–water partition coefficient (Wildman–Crippen LogP) is 8.67. The Morgan fingerprint density at radius 2 is 1.33 bits per heavy atom. The number of hydrogen-bond donors (Lipinski definition) is 1. The van der Waals surface area contributed by atoms with Gasteiger partial charge in [0.05, 0.1) is 0 Å². The van der Waals surface area contributed by atoms with E-state index >= 15 is 0 Å². The summed E-state index contributed by atoms with van der Waals surface area (Å²) in [6, 6.07) is 11.3. The van der Waals surface area contributed by atoms with Crippen LogP contribution in [0.5, 0.6) is 11.5 Å². The normalized spacial score (nSPS) is 11.8. The first-order valence-corrected chi connectivity index (χ1v) is 12.6. The fourth-order valence-electron chi connectivity index (χ4n) is 4.01. The number of nitrogens with one attached hydrogen (secondary N) is 1. The van der Waals surface area contributed by atoms with Crippen LogP contribution < -0.4 is 14.8 Å². The van der Waals surface area contributed by atoms with Gasteiger partial charge in [0.25, 0.3) is 5.91 Å². The fourth-order valence-corrected chi connectivity index (χ4v) is 4.01. The number of anilines is 1. The molecule has 5 aromatic rings. The highest BCUT2D eigenvalue weighted by molar-refractivity contribution is 6.13. The Hall–Kier alpha value is -5.22. The molecule has 0 aliphatic heterocycles. The molecule has 242 valence electrons. The number of amides is 1. The summed E-state index contributed by atoms with van der Waals surface area (Å²) in [4.78, 5) is 23.2. The summed E-state index contributed by atoms with van der Waals surface area (Å²) in [5.41, 5.74) is -2.12. The van der Waals surface area contributed by atoms with Gasteiger partial charge in [-0.3, -0.25) is 9.78 Å². The molecule has 2 aromatic carbocycles. The average molecular weight is 660 g/mol. The number of para-hydroxylation sites is 1. The maximum atomic E-state index is 13.0. The number of hydrogen-bond acceptors (Lipinski definition) is 6. The Labute approximate surface area is 251 Å². The van der Waals surface area contributed by atoms with E-state index in [-0.39, 0.29) is 22.2 Å². The molecule has 5 rings (SSSR count). The molecule has 1 N–H and O–H groups in total. The van der Waals surface area contributed by atoms with Gasteiger partial charge < -0.3 is 14.8 Å². The number of aryl methyl sites for hydroxylation is 1. The van der Waals surface area contributed by atoms with Crippen LogP contribution in [0, 0.1) is 6.92 Å². The van der Waals surface area contributed by atoms with Crippen LogP contribution in [0.3, 0.4) is 0 Å². The van der Waals surface area contributed by atoms with Crippen molar-refractivity contribution in [2.45, 2.75) is 32.5 Å². The van der Waals surface area contributed by atoms with Gasteiger partial charge in [-0.1, -0.05) is 18.2 Å². The number of nitrogens with zero attached hydrogens (tertiary/aromatic N) is 3. The number of alkyl halides is 10. The number of benzene rings is 2. The minimum absolute atomic E-state index is 0.0472. The quantitative estimate of drug-likeness (QED) is 0.184. The van der Waals surface area contributed by atoms with Crippen molar-refractivity contribution in [1.82, 2.24) is 15.0 Å². The molecule has 46 heavy (non-hydrogen) atoms. The standard InChI is InChI=1S/C18H12F5N3O2.C11H6F5NO/c1-9-8-24-7-6-12(9)25-16(27)11-2-4-13(28-17(19)20)15-10(11)3-5-14(26-15)18(21,22)23;12-10(13)18-7-3-1-2-6-4-5-8(11(14,15)16)17-9(6)7/h2-8,17H,1H3,(H,24,25,27);1-5,10H.